The SMILES string of the molecule is [2H]C([2H])(CCN1C([2H])([2H])[C@]([2H])(NC([2H])([2H])C([2H])([2H])[2H])c2cc(S(N)(=O)=O)sc2S1(=O)=O)OC. The van der Waals surface area contributed by atoms with E-state index in [-0.39, 0.29) is 15.6 Å². The van der Waals surface area contributed by atoms with Crippen molar-refractivity contribution >= 4 is 31.4 Å². The Morgan fingerprint density at radius 3 is 3.09 bits per heavy atom. The van der Waals surface area contributed by atoms with E-state index in [2.05, 4.69) is 4.74 Å². The molecule has 1 aromatic heterocycles. The number of nitrogens with zero attached hydrogens (tertiary/aromatic N) is 1. The van der Waals surface area contributed by atoms with Crippen LogP contribution in [0, 0.1) is 0 Å². The minimum atomic E-state index is -4.91. The molecule has 3 N–H and O–H groups in total. The topological polar surface area (TPSA) is 119 Å². The van der Waals surface area contributed by atoms with Crippen molar-refractivity contribution in [1.82, 2.24) is 9.62 Å². The number of nitrogens with one attached hydrogen (secondary N) is 1. The van der Waals surface area contributed by atoms with Gasteiger partial charge in [-0.2, -0.15) is 4.31 Å². The Hall–Kier alpha value is -0.560. The summed E-state index contributed by atoms with van der Waals surface area (Å²) in [5.41, 5.74) is -0.861. The van der Waals surface area contributed by atoms with Crippen molar-refractivity contribution in [3.8, 4) is 0 Å². The van der Waals surface area contributed by atoms with Gasteiger partial charge in [-0.1, -0.05) is 6.85 Å². The summed E-state index contributed by atoms with van der Waals surface area (Å²) in [4.78, 5) is 0. The highest BCUT2D eigenvalue weighted by molar-refractivity contribution is 7.94. The highest BCUT2D eigenvalue weighted by Crippen LogP contribution is 2.39. The second-order valence-corrected chi connectivity index (χ2v) is 9.12. The second-order valence-electron chi connectivity index (χ2n) is 4.22. The number of hydrogen-bond donors (Lipinski definition) is 2. The number of nitrogens with two attached hydrogens (primary N) is 1. The van der Waals surface area contributed by atoms with Crippen LogP contribution in [-0.4, -0.2) is 54.3 Å². The van der Waals surface area contributed by atoms with Crippen LogP contribution in [0.1, 0.15) is 38.6 Å². The Morgan fingerprint density at radius 2 is 2.48 bits per heavy atom. The number of sulfonamides is 2. The van der Waals surface area contributed by atoms with E-state index in [1.165, 1.54) is 0 Å². The minimum absolute atomic E-state index is 0.0399. The van der Waals surface area contributed by atoms with Gasteiger partial charge in [-0.25, -0.2) is 22.0 Å². The molecule has 0 bridgehead atoms. The number of fused-ring (bicyclic) bond motifs is 1. The van der Waals surface area contributed by atoms with Crippen LogP contribution >= 0.6 is 11.3 Å². The number of hydrogen-bond acceptors (Lipinski definition) is 7. The summed E-state index contributed by atoms with van der Waals surface area (Å²) in [5, 5.41) is 6.75. The first-order chi connectivity index (χ1) is 14.4. The molecule has 23 heavy (non-hydrogen) atoms. The number of primary sulfonamides is 1. The number of thiophene rings is 1. The predicted molar refractivity (Wildman–Crippen MR) is 87.4 cm³/mol. The largest absolute Gasteiger partial charge is 0.385 e. The summed E-state index contributed by atoms with van der Waals surface area (Å²) in [7, 11) is -8.48. The Labute approximate surface area is 154 Å². The molecule has 8 nitrogen and oxygen atoms in total. The molecule has 1 aromatic rings. The van der Waals surface area contributed by atoms with Crippen LogP contribution in [0.25, 0.3) is 0 Å². The Morgan fingerprint density at radius 1 is 1.74 bits per heavy atom. The summed E-state index contributed by atoms with van der Waals surface area (Å²) >= 11 is 0.0713. The monoisotopic (exact) mass is 393 g/mol. The molecular formula is C12H21N3O5S3. The fourth-order valence-electron chi connectivity index (χ4n) is 1.79. The number of rotatable bonds is 7. The standard InChI is InChI=1S/C12H21N3O5S3/c1-3-14-10-8-15(5-4-6-20-2)23(18,19)12-9(10)7-11(21-12)22(13,16)17/h7,10,14H,3-6,8H2,1-2H3,(H2,13,16,17)/t10-/m0/s1/i1D3,3D2,6D2,8D2,10D. The fraction of sp³-hybridized carbons (Fsp3) is 0.667. The zero-order valence-electron chi connectivity index (χ0n) is 21.8. The fourth-order valence-corrected chi connectivity index (χ4v) is 5.71. The minimum Gasteiger partial charge on any atom is -0.385 e. The summed E-state index contributed by atoms with van der Waals surface area (Å²) in [6, 6.07) is -2.61. The molecule has 0 saturated heterocycles. The number of methoxy groups -OCH3 is 1. The maximum atomic E-state index is 13.2. The Kier molecular flexibility index (Phi) is 2.86. The van der Waals surface area contributed by atoms with Gasteiger partial charge in [-0.15, -0.1) is 11.3 Å². The van der Waals surface area contributed by atoms with Gasteiger partial charge < -0.3 is 10.1 Å². The molecule has 0 saturated carbocycles. The second kappa shape index (κ2) is 7.13. The maximum Gasteiger partial charge on any atom is 0.252 e. The lowest BCUT2D eigenvalue weighted by Gasteiger charge is -2.32. The molecule has 0 spiro atoms. The van der Waals surface area contributed by atoms with E-state index >= 15 is 0 Å². The summed E-state index contributed by atoms with van der Waals surface area (Å²) in [6.45, 7) is -13.6. The third-order valence-electron chi connectivity index (χ3n) is 2.73. The lowest BCUT2D eigenvalue weighted by Crippen LogP contribution is -2.43. The summed E-state index contributed by atoms with van der Waals surface area (Å²) < 4.78 is 131. The van der Waals surface area contributed by atoms with Gasteiger partial charge in [-0.05, 0) is 19.0 Å². The van der Waals surface area contributed by atoms with Gasteiger partial charge in [0.05, 0.1) is 4.11 Å². The maximum absolute atomic E-state index is 13.2. The average Bonchev–Trinajstić information content (AvgIpc) is 3.06. The highest BCUT2D eigenvalue weighted by Gasteiger charge is 2.39. The third-order valence-corrected chi connectivity index (χ3v) is 7.51. The van der Waals surface area contributed by atoms with E-state index in [1.807, 2.05) is 0 Å². The number of likely N-dealkylation sites (N-methyl/N-ethyl adjacent to an activating group) is 1. The number of ether oxygens (including phenoxy) is 1. The third kappa shape index (κ3) is 3.92. The van der Waals surface area contributed by atoms with Crippen LogP contribution < -0.4 is 10.5 Å². The van der Waals surface area contributed by atoms with Crippen molar-refractivity contribution in [2.45, 2.75) is 27.7 Å². The molecule has 0 amide bonds. The van der Waals surface area contributed by atoms with Gasteiger partial charge in [0.2, 0.25) is 10.0 Å². The molecule has 0 radical (unpaired) electrons. The zero-order chi connectivity index (χ0) is 26.1. The van der Waals surface area contributed by atoms with Crippen LogP contribution in [-0.2, 0) is 24.8 Å². The van der Waals surface area contributed by atoms with E-state index in [9.17, 15) is 16.8 Å². The molecular weight excluding hydrogens is 362 g/mol. The lowest BCUT2D eigenvalue weighted by atomic mass is 10.1. The van der Waals surface area contributed by atoms with E-state index < -0.39 is 79.4 Å². The average molecular weight is 394 g/mol. The Bertz CT molecular complexity index is 1130. The lowest BCUT2D eigenvalue weighted by molar-refractivity contribution is 0.185. The van der Waals surface area contributed by atoms with E-state index in [0.29, 0.717) is 6.07 Å². The molecule has 0 unspecified atom stereocenters. The molecule has 11 heteroatoms. The predicted octanol–water partition coefficient (Wildman–Crippen LogP) is 0.0869. The van der Waals surface area contributed by atoms with Crippen molar-refractivity contribution in [2.24, 2.45) is 5.14 Å². The molecule has 2 rings (SSSR count). The van der Waals surface area contributed by atoms with Crippen molar-refractivity contribution in [3.05, 3.63) is 11.6 Å². The Balaban J connectivity index is 2.84. The first-order valence-electron chi connectivity index (χ1n) is 11.0. The normalized spacial score (nSPS) is 34.9. The molecule has 2 heterocycles. The van der Waals surface area contributed by atoms with Crippen molar-refractivity contribution in [1.29, 1.82) is 0 Å². The van der Waals surface area contributed by atoms with Gasteiger partial charge >= 0.3 is 0 Å². The molecule has 1 aliphatic heterocycles. The molecule has 0 aromatic carbocycles. The van der Waals surface area contributed by atoms with Crippen molar-refractivity contribution < 1.29 is 35.3 Å². The first-order valence-corrected chi connectivity index (χ1v) is 9.79. The molecule has 1 atom stereocenters. The quantitative estimate of drug-likeness (QED) is 0.677. The molecule has 132 valence electrons. The van der Waals surface area contributed by atoms with Crippen molar-refractivity contribution in [2.75, 3.05) is 33.2 Å². The van der Waals surface area contributed by atoms with Crippen LogP contribution in [0.3, 0.4) is 0 Å². The zero-order valence-corrected chi connectivity index (χ0v) is 14.2. The smallest absolute Gasteiger partial charge is 0.252 e. The van der Waals surface area contributed by atoms with Gasteiger partial charge in [0, 0.05) is 47.9 Å². The van der Waals surface area contributed by atoms with E-state index in [4.69, 9.17) is 18.8 Å². The first kappa shape index (κ1) is 9.22. The molecule has 0 fully saturated rings. The van der Waals surface area contributed by atoms with Crippen LogP contribution in [0.2, 0.25) is 0 Å². The highest BCUT2D eigenvalue weighted by atomic mass is 32.3. The molecule has 1 aliphatic rings. The van der Waals surface area contributed by atoms with Gasteiger partial charge in [0.1, 0.15) is 8.42 Å². The molecule has 0 aliphatic carbocycles. The van der Waals surface area contributed by atoms with Gasteiger partial charge in [-0.3, -0.25) is 0 Å². The van der Waals surface area contributed by atoms with Gasteiger partial charge in [0.25, 0.3) is 10.0 Å². The van der Waals surface area contributed by atoms with E-state index in [0.717, 1.165) is 7.11 Å². The van der Waals surface area contributed by atoms with Crippen LogP contribution in [0.5, 0.6) is 0 Å². The van der Waals surface area contributed by atoms with Crippen LogP contribution in [0.15, 0.2) is 14.5 Å². The van der Waals surface area contributed by atoms with E-state index in [1.54, 1.807) is 5.32 Å². The van der Waals surface area contributed by atoms with Gasteiger partial charge in [0.15, 0.2) is 0 Å². The van der Waals surface area contributed by atoms with Crippen molar-refractivity contribution in [3.63, 3.8) is 0 Å². The summed E-state index contributed by atoms with van der Waals surface area (Å²) in [5.74, 6) is 0. The summed E-state index contributed by atoms with van der Waals surface area (Å²) in [6.07, 6.45) is -0.729. The van der Waals surface area contributed by atoms with Crippen LogP contribution in [0.4, 0.5) is 0 Å².